The highest BCUT2D eigenvalue weighted by Crippen LogP contribution is 2.17. The number of sulfonamides is 1. The maximum Gasteiger partial charge on any atom is 0.240 e. The van der Waals surface area contributed by atoms with E-state index in [1.54, 1.807) is 30.6 Å². The first kappa shape index (κ1) is 15.6. The molecule has 1 aromatic heterocycles. The summed E-state index contributed by atoms with van der Waals surface area (Å²) in [6, 6.07) is 10.9. The van der Waals surface area contributed by atoms with Crippen molar-refractivity contribution >= 4 is 10.0 Å². The van der Waals surface area contributed by atoms with E-state index in [4.69, 9.17) is 0 Å². The molecule has 0 bridgehead atoms. The lowest BCUT2D eigenvalue weighted by Gasteiger charge is -2.15. The maximum atomic E-state index is 11.8. The highest BCUT2D eigenvalue weighted by molar-refractivity contribution is 7.89. The average molecular weight is 305 g/mol. The smallest absolute Gasteiger partial charge is 0.240 e. The summed E-state index contributed by atoms with van der Waals surface area (Å²) in [6.45, 7) is 2.71. The molecule has 0 aliphatic carbocycles. The van der Waals surface area contributed by atoms with Crippen molar-refractivity contribution in [2.45, 2.75) is 24.4 Å². The molecule has 2 aromatic rings. The van der Waals surface area contributed by atoms with Crippen LogP contribution < -0.4 is 10.0 Å². The van der Waals surface area contributed by atoms with Gasteiger partial charge in [-0.2, -0.15) is 0 Å². The fourth-order valence-electron chi connectivity index (χ4n) is 1.96. The predicted octanol–water partition coefficient (Wildman–Crippen LogP) is 1.84. The zero-order chi connectivity index (χ0) is 15.3. The van der Waals surface area contributed by atoms with E-state index < -0.39 is 10.0 Å². The second-order valence-corrected chi connectivity index (χ2v) is 6.62. The normalized spacial score (nSPS) is 13.0. The third-order valence-corrected chi connectivity index (χ3v) is 4.71. The van der Waals surface area contributed by atoms with Crippen LogP contribution in [0, 0.1) is 0 Å². The SMILES string of the molecule is CNS(=O)(=O)c1cccc([C@@H](C)NCc2ccncc2)c1. The molecule has 1 heterocycles. The van der Waals surface area contributed by atoms with Crippen LogP contribution in [0.15, 0.2) is 53.7 Å². The van der Waals surface area contributed by atoms with Gasteiger partial charge in [-0.1, -0.05) is 12.1 Å². The maximum absolute atomic E-state index is 11.8. The molecule has 0 saturated heterocycles. The summed E-state index contributed by atoms with van der Waals surface area (Å²) >= 11 is 0. The van der Waals surface area contributed by atoms with E-state index in [1.807, 2.05) is 25.1 Å². The number of aromatic nitrogens is 1. The Morgan fingerprint density at radius 1 is 1.19 bits per heavy atom. The Bertz CT molecular complexity index is 687. The second kappa shape index (κ2) is 6.80. The van der Waals surface area contributed by atoms with Crippen molar-refractivity contribution in [2.24, 2.45) is 0 Å². The van der Waals surface area contributed by atoms with Crippen molar-refractivity contribution in [1.82, 2.24) is 15.0 Å². The van der Waals surface area contributed by atoms with Crippen LogP contribution in [0.2, 0.25) is 0 Å². The lowest BCUT2D eigenvalue weighted by atomic mass is 10.1. The number of nitrogens with one attached hydrogen (secondary N) is 2. The van der Waals surface area contributed by atoms with Gasteiger partial charge in [0.25, 0.3) is 0 Å². The summed E-state index contributed by atoms with van der Waals surface area (Å²) < 4.78 is 26.0. The summed E-state index contributed by atoms with van der Waals surface area (Å²) in [7, 11) is -2.00. The fraction of sp³-hybridized carbons (Fsp3) is 0.267. The first-order chi connectivity index (χ1) is 10.0. The lowest BCUT2D eigenvalue weighted by molar-refractivity contribution is 0.571. The van der Waals surface area contributed by atoms with Gasteiger partial charge in [-0.25, -0.2) is 13.1 Å². The van der Waals surface area contributed by atoms with E-state index in [0.717, 1.165) is 11.1 Å². The molecular formula is C15H19N3O2S. The van der Waals surface area contributed by atoms with E-state index >= 15 is 0 Å². The zero-order valence-electron chi connectivity index (χ0n) is 12.1. The second-order valence-electron chi connectivity index (χ2n) is 4.74. The Morgan fingerprint density at radius 2 is 1.90 bits per heavy atom. The Morgan fingerprint density at radius 3 is 2.57 bits per heavy atom. The van der Waals surface area contributed by atoms with Gasteiger partial charge >= 0.3 is 0 Å². The molecule has 2 rings (SSSR count). The molecule has 0 aliphatic heterocycles. The van der Waals surface area contributed by atoms with Gasteiger partial charge in [0, 0.05) is 25.0 Å². The Labute approximate surface area is 125 Å². The molecule has 0 radical (unpaired) electrons. The lowest BCUT2D eigenvalue weighted by Crippen LogP contribution is -2.21. The Kier molecular flexibility index (Phi) is 5.06. The monoisotopic (exact) mass is 305 g/mol. The quantitative estimate of drug-likeness (QED) is 0.854. The minimum absolute atomic E-state index is 0.0465. The molecule has 0 unspecified atom stereocenters. The van der Waals surface area contributed by atoms with E-state index in [0.29, 0.717) is 6.54 Å². The number of nitrogens with zero attached hydrogens (tertiary/aromatic N) is 1. The number of pyridine rings is 1. The molecule has 6 heteroatoms. The molecule has 1 atom stereocenters. The highest BCUT2D eigenvalue weighted by Gasteiger charge is 2.13. The minimum Gasteiger partial charge on any atom is -0.306 e. The van der Waals surface area contributed by atoms with Gasteiger partial charge in [0.05, 0.1) is 4.90 Å². The summed E-state index contributed by atoms with van der Waals surface area (Å²) in [5.41, 5.74) is 2.07. The number of hydrogen-bond acceptors (Lipinski definition) is 4. The van der Waals surface area contributed by atoms with Crippen LogP contribution in [0.1, 0.15) is 24.1 Å². The van der Waals surface area contributed by atoms with Crippen LogP contribution in [0.4, 0.5) is 0 Å². The molecule has 0 fully saturated rings. The van der Waals surface area contributed by atoms with Gasteiger partial charge in [-0.15, -0.1) is 0 Å². The zero-order valence-corrected chi connectivity index (χ0v) is 12.9. The average Bonchev–Trinajstić information content (AvgIpc) is 2.53. The van der Waals surface area contributed by atoms with E-state index in [2.05, 4.69) is 15.0 Å². The van der Waals surface area contributed by atoms with Crippen molar-refractivity contribution in [2.75, 3.05) is 7.05 Å². The fourth-order valence-corrected chi connectivity index (χ4v) is 2.74. The molecule has 0 spiro atoms. The van der Waals surface area contributed by atoms with Gasteiger partial charge < -0.3 is 5.32 Å². The van der Waals surface area contributed by atoms with Gasteiger partial charge in [0.1, 0.15) is 0 Å². The summed E-state index contributed by atoms with van der Waals surface area (Å²) in [6.07, 6.45) is 3.50. The largest absolute Gasteiger partial charge is 0.306 e. The molecule has 21 heavy (non-hydrogen) atoms. The molecule has 5 nitrogen and oxygen atoms in total. The number of rotatable bonds is 6. The van der Waals surface area contributed by atoms with Crippen LogP contribution >= 0.6 is 0 Å². The third-order valence-electron chi connectivity index (χ3n) is 3.30. The van der Waals surface area contributed by atoms with Crippen molar-refractivity contribution in [3.05, 3.63) is 59.9 Å². The van der Waals surface area contributed by atoms with Crippen LogP contribution in [0.25, 0.3) is 0 Å². The van der Waals surface area contributed by atoms with Crippen molar-refractivity contribution in [1.29, 1.82) is 0 Å². The molecular weight excluding hydrogens is 286 g/mol. The summed E-state index contributed by atoms with van der Waals surface area (Å²) in [4.78, 5) is 4.26. The topological polar surface area (TPSA) is 71.1 Å². The minimum atomic E-state index is -3.41. The Balaban J connectivity index is 2.09. The number of benzene rings is 1. The molecule has 1 aromatic carbocycles. The van der Waals surface area contributed by atoms with Crippen molar-refractivity contribution < 1.29 is 8.42 Å². The van der Waals surface area contributed by atoms with E-state index in [-0.39, 0.29) is 10.9 Å². The number of hydrogen-bond donors (Lipinski definition) is 2. The van der Waals surface area contributed by atoms with Crippen molar-refractivity contribution in [3.63, 3.8) is 0 Å². The first-order valence-electron chi connectivity index (χ1n) is 6.69. The van der Waals surface area contributed by atoms with Crippen molar-refractivity contribution in [3.8, 4) is 0 Å². The summed E-state index contributed by atoms with van der Waals surface area (Å²) in [5, 5.41) is 3.37. The highest BCUT2D eigenvalue weighted by atomic mass is 32.2. The van der Waals surface area contributed by atoms with Gasteiger partial charge in [0.2, 0.25) is 10.0 Å². The van der Waals surface area contributed by atoms with Crippen LogP contribution in [-0.4, -0.2) is 20.4 Å². The van der Waals surface area contributed by atoms with Gasteiger partial charge in [-0.3, -0.25) is 4.98 Å². The molecule has 112 valence electrons. The van der Waals surface area contributed by atoms with Crippen LogP contribution in [0.5, 0.6) is 0 Å². The molecule has 0 amide bonds. The third kappa shape index (κ3) is 4.10. The van der Waals surface area contributed by atoms with Crippen LogP contribution in [0.3, 0.4) is 0 Å². The molecule has 0 aliphatic rings. The first-order valence-corrected chi connectivity index (χ1v) is 8.17. The molecule has 0 saturated carbocycles. The Hall–Kier alpha value is -1.76. The van der Waals surface area contributed by atoms with E-state index in [1.165, 1.54) is 7.05 Å². The standard InChI is InChI=1S/C15H19N3O2S/c1-12(18-11-13-6-8-17-9-7-13)14-4-3-5-15(10-14)21(19,20)16-2/h3-10,12,16,18H,11H2,1-2H3/t12-/m1/s1. The van der Waals surface area contributed by atoms with Crippen LogP contribution in [-0.2, 0) is 16.6 Å². The van der Waals surface area contributed by atoms with E-state index in [9.17, 15) is 8.42 Å². The predicted molar refractivity (Wildman–Crippen MR) is 82.2 cm³/mol. The molecule has 2 N–H and O–H groups in total. The summed E-state index contributed by atoms with van der Waals surface area (Å²) in [5.74, 6) is 0. The van der Waals surface area contributed by atoms with Gasteiger partial charge in [-0.05, 0) is 49.4 Å². The van der Waals surface area contributed by atoms with Gasteiger partial charge in [0.15, 0.2) is 0 Å².